The minimum Gasteiger partial charge on any atom is -0.389 e. The van der Waals surface area contributed by atoms with Crippen LogP contribution >= 0.6 is 12.2 Å². The lowest BCUT2D eigenvalue weighted by Crippen LogP contribution is -2.24. The molecule has 1 aromatic carbocycles. The van der Waals surface area contributed by atoms with E-state index in [0.717, 1.165) is 29.2 Å². The molecule has 0 unspecified atom stereocenters. The molecule has 110 valence electrons. The predicted octanol–water partition coefficient (Wildman–Crippen LogP) is 3.28. The fourth-order valence-electron chi connectivity index (χ4n) is 2.52. The van der Waals surface area contributed by atoms with Crippen molar-refractivity contribution in [1.82, 2.24) is 4.98 Å². The van der Waals surface area contributed by atoms with Crippen molar-refractivity contribution in [3.8, 4) is 0 Å². The minimum atomic E-state index is 0.395. The van der Waals surface area contributed by atoms with Crippen molar-refractivity contribution < 1.29 is 0 Å². The summed E-state index contributed by atoms with van der Waals surface area (Å²) in [6.45, 7) is 6.90. The van der Waals surface area contributed by atoms with E-state index in [1.54, 1.807) is 0 Å². The number of hydrogen-bond acceptors (Lipinski definition) is 3. The Morgan fingerprint density at radius 1 is 1.19 bits per heavy atom. The van der Waals surface area contributed by atoms with E-state index >= 15 is 0 Å². The van der Waals surface area contributed by atoms with Crippen LogP contribution in [-0.2, 0) is 6.54 Å². The van der Waals surface area contributed by atoms with E-state index in [4.69, 9.17) is 18.0 Å². The molecule has 0 aliphatic carbocycles. The van der Waals surface area contributed by atoms with Crippen LogP contribution in [0.25, 0.3) is 0 Å². The van der Waals surface area contributed by atoms with Crippen LogP contribution in [0.2, 0.25) is 0 Å². The van der Waals surface area contributed by atoms with Crippen molar-refractivity contribution in [3.05, 3.63) is 58.3 Å². The summed E-state index contributed by atoms with van der Waals surface area (Å²) in [5.74, 6) is 0.850. The molecule has 0 spiro atoms. The van der Waals surface area contributed by atoms with Gasteiger partial charge in [-0.3, -0.25) is 0 Å². The average molecular weight is 299 g/mol. The van der Waals surface area contributed by atoms with Crippen molar-refractivity contribution >= 4 is 23.0 Å². The molecule has 0 radical (unpaired) electrons. The van der Waals surface area contributed by atoms with Crippen molar-refractivity contribution in [2.24, 2.45) is 5.73 Å². The lowest BCUT2D eigenvalue weighted by Gasteiger charge is -2.23. The summed E-state index contributed by atoms with van der Waals surface area (Å²) in [6, 6.07) is 10.4. The number of rotatable bonds is 4. The van der Waals surface area contributed by atoms with Gasteiger partial charge in [-0.2, -0.15) is 0 Å². The topological polar surface area (TPSA) is 42.1 Å². The molecular weight excluding hydrogens is 278 g/mol. The van der Waals surface area contributed by atoms with Gasteiger partial charge in [0, 0.05) is 19.3 Å². The number of pyridine rings is 1. The molecule has 0 saturated heterocycles. The van der Waals surface area contributed by atoms with Crippen LogP contribution < -0.4 is 10.6 Å². The van der Waals surface area contributed by atoms with Gasteiger partial charge in [-0.15, -0.1) is 0 Å². The van der Waals surface area contributed by atoms with Gasteiger partial charge >= 0.3 is 0 Å². The Morgan fingerprint density at radius 2 is 1.86 bits per heavy atom. The van der Waals surface area contributed by atoms with Gasteiger partial charge in [-0.05, 0) is 43.5 Å². The molecule has 2 aromatic rings. The first-order chi connectivity index (χ1) is 9.90. The Labute approximate surface area is 131 Å². The molecule has 0 atom stereocenters. The number of hydrogen-bond donors (Lipinski definition) is 1. The second-order valence-corrected chi connectivity index (χ2v) is 5.87. The third-order valence-electron chi connectivity index (χ3n) is 3.60. The van der Waals surface area contributed by atoms with Crippen molar-refractivity contribution in [2.75, 3.05) is 11.9 Å². The summed E-state index contributed by atoms with van der Waals surface area (Å²) in [4.78, 5) is 7.14. The maximum Gasteiger partial charge on any atom is 0.139 e. The summed E-state index contributed by atoms with van der Waals surface area (Å²) in [6.07, 6.45) is 0. The van der Waals surface area contributed by atoms with Crippen LogP contribution in [0.5, 0.6) is 0 Å². The fourth-order valence-corrected chi connectivity index (χ4v) is 2.77. The normalized spacial score (nSPS) is 10.5. The van der Waals surface area contributed by atoms with Crippen LogP contribution in [0.3, 0.4) is 0 Å². The van der Waals surface area contributed by atoms with Gasteiger partial charge in [0.1, 0.15) is 10.8 Å². The molecule has 0 aliphatic rings. The van der Waals surface area contributed by atoms with E-state index in [2.05, 4.69) is 35.0 Å². The van der Waals surface area contributed by atoms with Crippen molar-refractivity contribution in [1.29, 1.82) is 0 Å². The zero-order valence-electron chi connectivity index (χ0n) is 13.0. The highest BCUT2D eigenvalue weighted by molar-refractivity contribution is 7.80. The monoisotopic (exact) mass is 299 g/mol. The van der Waals surface area contributed by atoms with E-state index in [1.165, 1.54) is 11.1 Å². The first-order valence-corrected chi connectivity index (χ1v) is 7.34. The summed E-state index contributed by atoms with van der Waals surface area (Å²) >= 11 is 5.20. The van der Waals surface area contributed by atoms with Crippen molar-refractivity contribution in [3.63, 3.8) is 0 Å². The molecule has 21 heavy (non-hydrogen) atoms. The molecule has 2 rings (SSSR count). The molecule has 0 fully saturated rings. The lowest BCUT2D eigenvalue weighted by atomic mass is 10.1. The van der Waals surface area contributed by atoms with Crippen LogP contribution in [0, 0.1) is 20.8 Å². The second-order valence-electron chi connectivity index (χ2n) is 5.43. The molecule has 4 heteroatoms. The third kappa shape index (κ3) is 3.39. The Kier molecular flexibility index (Phi) is 4.58. The number of aryl methyl sites for hydroxylation is 3. The zero-order chi connectivity index (χ0) is 15.6. The molecule has 1 aromatic heterocycles. The molecule has 2 N–H and O–H groups in total. The zero-order valence-corrected chi connectivity index (χ0v) is 13.8. The summed E-state index contributed by atoms with van der Waals surface area (Å²) < 4.78 is 0. The van der Waals surface area contributed by atoms with Gasteiger partial charge in [0.05, 0.1) is 5.56 Å². The van der Waals surface area contributed by atoms with Crippen LogP contribution in [0.15, 0.2) is 30.3 Å². The predicted molar refractivity (Wildman–Crippen MR) is 92.9 cm³/mol. The maximum absolute atomic E-state index is 5.89. The molecular formula is C17H21N3S. The van der Waals surface area contributed by atoms with Gasteiger partial charge in [0.15, 0.2) is 0 Å². The Morgan fingerprint density at radius 3 is 2.48 bits per heavy atom. The van der Waals surface area contributed by atoms with Gasteiger partial charge in [-0.1, -0.05) is 36.5 Å². The smallest absolute Gasteiger partial charge is 0.139 e. The average Bonchev–Trinajstić information content (AvgIpc) is 2.39. The first-order valence-electron chi connectivity index (χ1n) is 6.94. The molecule has 0 saturated carbocycles. The van der Waals surface area contributed by atoms with E-state index in [0.29, 0.717) is 4.99 Å². The minimum absolute atomic E-state index is 0.395. The second kappa shape index (κ2) is 6.22. The number of aromatic nitrogens is 1. The number of nitrogens with two attached hydrogens (primary N) is 1. The molecule has 1 heterocycles. The van der Waals surface area contributed by atoms with Crippen LogP contribution in [0.4, 0.5) is 5.82 Å². The number of anilines is 1. The quantitative estimate of drug-likeness (QED) is 0.880. The highest BCUT2D eigenvalue weighted by atomic mass is 32.1. The van der Waals surface area contributed by atoms with E-state index in [9.17, 15) is 0 Å². The molecule has 0 aliphatic heterocycles. The Balaban J connectivity index is 2.41. The Hall–Kier alpha value is -1.94. The maximum atomic E-state index is 5.89. The van der Waals surface area contributed by atoms with Gasteiger partial charge in [-0.25, -0.2) is 4.98 Å². The summed E-state index contributed by atoms with van der Waals surface area (Å²) in [5.41, 5.74) is 11.3. The highest BCUT2D eigenvalue weighted by Gasteiger charge is 2.15. The number of benzene rings is 1. The fraction of sp³-hybridized carbons (Fsp3) is 0.294. The van der Waals surface area contributed by atoms with E-state index in [-0.39, 0.29) is 0 Å². The summed E-state index contributed by atoms with van der Waals surface area (Å²) in [7, 11) is 2.02. The van der Waals surface area contributed by atoms with Gasteiger partial charge < -0.3 is 10.6 Å². The number of nitrogens with zero attached hydrogens (tertiary/aromatic N) is 2. The van der Waals surface area contributed by atoms with Crippen LogP contribution in [0.1, 0.15) is 27.9 Å². The highest BCUT2D eigenvalue weighted by Crippen LogP contribution is 2.23. The first kappa shape index (κ1) is 15.4. The molecule has 3 nitrogen and oxygen atoms in total. The third-order valence-corrected chi connectivity index (χ3v) is 3.81. The van der Waals surface area contributed by atoms with Crippen LogP contribution in [-0.4, -0.2) is 17.0 Å². The lowest BCUT2D eigenvalue weighted by molar-refractivity contribution is 0.882. The largest absolute Gasteiger partial charge is 0.389 e. The van der Waals surface area contributed by atoms with E-state index in [1.807, 2.05) is 33.0 Å². The molecule has 0 bridgehead atoms. The summed E-state index contributed by atoms with van der Waals surface area (Å²) in [5, 5.41) is 0. The molecule has 0 amide bonds. The van der Waals surface area contributed by atoms with E-state index < -0.39 is 0 Å². The van der Waals surface area contributed by atoms with Crippen molar-refractivity contribution in [2.45, 2.75) is 27.3 Å². The standard InChI is InChI=1S/C17H21N3S/c1-11-7-5-6-8-14(11)10-20(4)17-15(16(18)21)12(2)9-13(3)19-17/h5-9H,10H2,1-4H3,(H2,18,21). The SMILES string of the molecule is Cc1cc(C)c(C(N)=S)c(N(C)Cc2ccccc2C)n1. The number of thiocarbonyl (C=S) groups is 1. The van der Waals surface area contributed by atoms with Gasteiger partial charge in [0.2, 0.25) is 0 Å². The Bertz CT molecular complexity index is 680. The van der Waals surface area contributed by atoms with Gasteiger partial charge in [0.25, 0.3) is 0 Å².